The summed E-state index contributed by atoms with van der Waals surface area (Å²) in [5.41, 5.74) is 2.42. The molecule has 0 saturated heterocycles. The second-order valence-electron chi connectivity index (χ2n) is 2.65. The zero-order valence-corrected chi connectivity index (χ0v) is 6.84. The standard InChI is InChI=1S/C9H8N2O2/c12-6-7-2-1-3-8(4-7)9-5-10-13-11-9/h1-5,12H,6H2. The van der Waals surface area contributed by atoms with Gasteiger partial charge >= 0.3 is 0 Å². The smallest absolute Gasteiger partial charge is 0.135 e. The van der Waals surface area contributed by atoms with Gasteiger partial charge in [-0.2, -0.15) is 0 Å². The maximum Gasteiger partial charge on any atom is 0.135 e. The fourth-order valence-electron chi connectivity index (χ4n) is 1.12. The average Bonchev–Trinajstić information content (AvgIpc) is 2.71. The summed E-state index contributed by atoms with van der Waals surface area (Å²) in [5.74, 6) is 0. The number of hydrogen-bond acceptors (Lipinski definition) is 4. The summed E-state index contributed by atoms with van der Waals surface area (Å²) < 4.78 is 4.48. The first kappa shape index (κ1) is 7.94. The summed E-state index contributed by atoms with van der Waals surface area (Å²) in [7, 11) is 0. The lowest BCUT2D eigenvalue weighted by molar-refractivity contribution is 0.282. The molecule has 0 aliphatic rings. The number of aliphatic hydroxyl groups is 1. The third-order valence-corrected chi connectivity index (χ3v) is 1.77. The molecule has 13 heavy (non-hydrogen) atoms. The molecule has 1 aromatic heterocycles. The first-order valence-corrected chi connectivity index (χ1v) is 3.88. The molecule has 0 aliphatic heterocycles. The van der Waals surface area contributed by atoms with Crippen LogP contribution < -0.4 is 0 Å². The molecule has 2 aromatic rings. The highest BCUT2D eigenvalue weighted by Gasteiger charge is 2.01. The van der Waals surface area contributed by atoms with Crippen molar-refractivity contribution in [2.45, 2.75) is 6.61 Å². The van der Waals surface area contributed by atoms with Gasteiger partial charge in [-0.3, -0.25) is 0 Å². The van der Waals surface area contributed by atoms with Crippen LogP contribution in [0, 0.1) is 0 Å². The van der Waals surface area contributed by atoms with Crippen molar-refractivity contribution in [3.8, 4) is 11.3 Å². The van der Waals surface area contributed by atoms with Gasteiger partial charge in [-0.25, -0.2) is 4.63 Å². The monoisotopic (exact) mass is 176 g/mol. The van der Waals surface area contributed by atoms with Gasteiger partial charge in [0.2, 0.25) is 0 Å². The van der Waals surface area contributed by atoms with Crippen LogP contribution in [0.4, 0.5) is 0 Å². The summed E-state index contributed by atoms with van der Waals surface area (Å²) in [6, 6.07) is 7.44. The van der Waals surface area contributed by atoms with Crippen molar-refractivity contribution in [1.29, 1.82) is 0 Å². The topological polar surface area (TPSA) is 59.2 Å². The highest BCUT2D eigenvalue weighted by atomic mass is 16.6. The quantitative estimate of drug-likeness (QED) is 0.747. The van der Waals surface area contributed by atoms with Crippen LogP contribution in [-0.2, 0) is 6.61 Å². The largest absolute Gasteiger partial charge is 0.392 e. The predicted octanol–water partition coefficient (Wildman–Crippen LogP) is 1.23. The van der Waals surface area contributed by atoms with Crippen LogP contribution >= 0.6 is 0 Å². The Morgan fingerprint density at radius 2 is 2.31 bits per heavy atom. The van der Waals surface area contributed by atoms with Gasteiger partial charge in [-0.05, 0) is 16.8 Å². The number of hydrogen-bond donors (Lipinski definition) is 1. The second kappa shape index (κ2) is 3.37. The van der Waals surface area contributed by atoms with E-state index in [9.17, 15) is 0 Å². The summed E-state index contributed by atoms with van der Waals surface area (Å²) >= 11 is 0. The molecule has 0 radical (unpaired) electrons. The fraction of sp³-hybridized carbons (Fsp3) is 0.111. The van der Waals surface area contributed by atoms with Crippen molar-refractivity contribution in [3.05, 3.63) is 36.0 Å². The SMILES string of the molecule is OCc1cccc(-c2cnon2)c1. The van der Waals surface area contributed by atoms with E-state index in [1.54, 1.807) is 0 Å². The summed E-state index contributed by atoms with van der Waals surface area (Å²) in [4.78, 5) is 0. The first-order valence-electron chi connectivity index (χ1n) is 3.88. The van der Waals surface area contributed by atoms with Gasteiger partial charge in [-0.15, -0.1) is 0 Å². The van der Waals surface area contributed by atoms with E-state index < -0.39 is 0 Å². The van der Waals surface area contributed by atoms with Crippen LogP contribution in [0.1, 0.15) is 5.56 Å². The highest BCUT2D eigenvalue weighted by Crippen LogP contribution is 2.16. The Morgan fingerprint density at radius 1 is 1.38 bits per heavy atom. The lowest BCUT2D eigenvalue weighted by Crippen LogP contribution is -1.83. The van der Waals surface area contributed by atoms with E-state index in [4.69, 9.17) is 5.11 Å². The minimum Gasteiger partial charge on any atom is -0.392 e. The maximum absolute atomic E-state index is 8.90. The van der Waals surface area contributed by atoms with Crippen molar-refractivity contribution in [2.24, 2.45) is 0 Å². The molecule has 1 heterocycles. The van der Waals surface area contributed by atoms with Gasteiger partial charge in [0.15, 0.2) is 0 Å². The van der Waals surface area contributed by atoms with Crippen molar-refractivity contribution < 1.29 is 9.74 Å². The van der Waals surface area contributed by atoms with Crippen LogP contribution in [0.5, 0.6) is 0 Å². The molecule has 0 saturated carbocycles. The highest BCUT2D eigenvalue weighted by molar-refractivity contribution is 5.58. The minimum absolute atomic E-state index is 0.0269. The molecule has 0 amide bonds. The Bertz CT molecular complexity index is 384. The Morgan fingerprint density at radius 3 is 3.00 bits per heavy atom. The van der Waals surface area contributed by atoms with Crippen molar-refractivity contribution in [1.82, 2.24) is 10.3 Å². The molecule has 2 rings (SSSR count). The lowest BCUT2D eigenvalue weighted by Gasteiger charge is -1.97. The Labute approximate surface area is 74.8 Å². The Kier molecular flexibility index (Phi) is 2.06. The molecule has 0 bridgehead atoms. The fourth-order valence-corrected chi connectivity index (χ4v) is 1.12. The van der Waals surface area contributed by atoms with Gasteiger partial charge in [-0.1, -0.05) is 23.4 Å². The summed E-state index contributed by atoms with van der Waals surface area (Å²) in [6.07, 6.45) is 1.54. The number of nitrogens with zero attached hydrogens (tertiary/aromatic N) is 2. The number of rotatable bonds is 2. The number of aliphatic hydroxyl groups excluding tert-OH is 1. The molecular formula is C9H8N2O2. The van der Waals surface area contributed by atoms with E-state index in [1.807, 2.05) is 24.3 Å². The van der Waals surface area contributed by atoms with Gasteiger partial charge in [0.1, 0.15) is 5.69 Å². The van der Waals surface area contributed by atoms with E-state index >= 15 is 0 Å². The van der Waals surface area contributed by atoms with Crippen LogP contribution in [0.3, 0.4) is 0 Å². The van der Waals surface area contributed by atoms with Crippen LogP contribution in [0.2, 0.25) is 0 Å². The van der Waals surface area contributed by atoms with Crippen LogP contribution in [0.15, 0.2) is 35.1 Å². The molecule has 0 fully saturated rings. The molecule has 0 unspecified atom stereocenters. The summed E-state index contributed by atoms with van der Waals surface area (Å²) in [6.45, 7) is 0.0269. The molecule has 4 nitrogen and oxygen atoms in total. The third-order valence-electron chi connectivity index (χ3n) is 1.77. The zero-order valence-electron chi connectivity index (χ0n) is 6.84. The average molecular weight is 176 g/mol. The van der Waals surface area contributed by atoms with E-state index in [0.717, 1.165) is 11.1 Å². The molecule has 4 heteroatoms. The van der Waals surface area contributed by atoms with Crippen molar-refractivity contribution in [2.75, 3.05) is 0 Å². The van der Waals surface area contributed by atoms with E-state index in [0.29, 0.717) is 5.69 Å². The third kappa shape index (κ3) is 1.57. The molecule has 1 aromatic carbocycles. The zero-order chi connectivity index (χ0) is 9.10. The van der Waals surface area contributed by atoms with Crippen molar-refractivity contribution >= 4 is 0 Å². The predicted molar refractivity (Wildman–Crippen MR) is 45.7 cm³/mol. The number of aromatic nitrogens is 2. The molecule has 66 valence electrons. The molecular weight excluding hydrogens is 168 g/mol. The first-order chi connectivity index (χ1) is 6.40. The van der Waals surface area contributed by atoms with E-state index in [2.05, 4.69) is 14.9 Å². The van der Waals surface area contributed by atoms with Gasteiger partial charge in [0.25, 0.3) is 0 Å². The molecule has 0 atom stereocenters. The molecule has 1 N–H and O–H groups in total. The molecule has 0 aliphatic carbocycles. The summed E-state index contributed by atoms with van der Waals surface area (Å²) in [5, 5.41) is 16.1. The Hall–Kier alpha value is -1.68. The maximum atomic E-state index is 8.90. The minimum atomic E-state index is 0.0269. The van der Waals surface area contributed by atoms with Gasteiger partial charge in [0.05, 0.1) is 12.8 Å². The Balaban J connectivity index is 2.41. The van der Waals surface area contributed by atoms with Gasteiger partial charge in [0, 0.05) is 5.56 Å². The van der Waals surface area contributed by atoms with E-state index in [-0.39, 0.29) is 6.61 Å². The second-order valence-corrected chi connectivity index (χ2v) is 2.65. The number of benzene rings is 1. The lowest BCUT2D eigenvalue weighted by atomic mass is 10.1. The van der Waals surface area contributed by atoms with Crippen molar-refractivity contribution in [3.63, 3.8) is 0 Å². The van der Waals surface area contributed by atoms with Gasteiger partial charge < -0.3 is 5.11 Å². The molecule has 0 spiro atoms. The van der Waals surface area contributed by atoms with Crippen LogP contribution in [0.25, 0.3) is 11.3 Å². The van der Waals surface area contributed by atoms with E-state index in [1.165, 1.54) is 6.20 Å². The van der Waals surface area contributed by atoms with Crippen LogP contribution in [-0.4, -0.2) is 15.4 Å². The normalized spacial score (nSPS) is 10.2.